The first-order chi connectivity index (χ1) is 33.9. The molecular formula is C51H59ClF3N9O7. The fourth-order valence-electron chi connectivity index (χ4n) is 9.84. The molecule has 0 bridgehead atoms. The molecule has 0 radical (unpaired) electrons. The number of aromatic nitrogens is 3. The van der Waals surface area contributed by atoms with Gasteiger partial charge in [0.25, 0.3) is 5.91 Å². The zero-order valence-electron chi connectivity index (χ0n) is 40.0. The van der Waals surface area contributed by atoms with Crippen LogP contribution in [0.5, 0.6) is 11.5 Å². The van der Waals surface area contributed by atoms with E-state index >= 15 is 0 Å². The van der Waals surface area contributed by atoms with Crippen LogP contribution in [0.1, 0.15) is 98.1 Å². The summed E-state index contributed by atoms with van der Waals surface area (Å²) in [5.41, 5.74) is 4.11. The zero-order chi connectivity index (χ0) is 50.9. The summed E-state index contributed by atoms with van der Waals surface area (Å²) in [6.45, 7) is 11.9. The smallest absolute Gasteiger partial charge is 0.490 e. The first kappa shape index (κ1) is 52.3. The molecule has 20 heteroatoms. The molecule has 16 nitrogen and oxygen atoms in total. The van der Waals surface area contributed by atoms with E-state index in [4.69, 9.17) is 36.0 Å². The number of carboxylic acids is 1. The van der Waals surface area contributed by atoms with Gasteiger partial charge in [-0.2, -0.15) is 18.4 Å². The number of rotatable bonds is 13. The summed E-state index contributed by atoms with van der Waals surface area (Å²) in [4.78, 5) is 66.4. The van der Waals surface area contributed by atoms with Crippen LogP contribution in [0.3, 0.4) is 0 Å². The molecule has 0 aliphatic carbocycles. The Labute approximate surface area is 415 Å². The Bertz CT molecular complexity index is 2550. The lowest BCUT2D eigenvalue weighted by molar-refractivity contribution is -0.192. The van der Waals surface area contributed by atoms with Gasteiger partial charge in [-0.05, 0) is 129 Å². The molecule has 4 aromatic rings. The summed E-state index contributed by atoms with van der Waals surface area (Å²) in [5.74, 6) is 0.130. The van der Waals surface area contributed by atoms with E-state index in [0.29, 0.717) is 35.3 Å². The summed E-state index contributed by atoms with van der Waals surface area (Å²) in [6.07, 6.45) is 6.11. The third-order valence-corrected chi connectivity index (χ3v) is 14.4. The molecule has 4 fully saturated rings. The van der Waals surface area contributed by atoms with E-state index in [1.165, 1.54) is 33.0 Å². The molecule has 2 aromatic carbocycles. The number of carbonyl (C=O) groups is 4. The van der Waals surface area contributed by atoms with Crippen LogP contribution in [0, 0.1) is 29.1 Å². The fourth-order valence-corrected chi connectivity index (χ4v) is 10.1. The second-order valence-corrected chi connectivity index (χ2v) is 19.4. The molecule has 71 heavy (non-hydrogen) atoms. The third kappa shape index (κ3) is 13.5. The molecule has 1 atom stereocenters. The molecule has 4 aliphatic heterocycles. The predicted molar refractivity (Wildman–Crippen MR) is 258 cm³/mol. The van der Waals surface area contributed by atoms with Gasteiger partial charge in [-0.15, -0.1) is 0 Å². The van der Waals surface area contributed by atoms with Crippen molar-refractivity contribution in [3.63, 3.8) is 0 Å². The molecule has 8 rings (SSSR count). The minimum Gasteiger partial charge on any atom is -0.494 e. The Hall–Kier alpha value is -6.52. The Kier molecular flexibility index (Phi) is 17.0. The largest absolute Gasteiger partial charge is 0.494 e. The predicted octanol–water partition coefficient (Wildman–Crippen LogP) is 7.32. The highest BCUT2D eigenvalue weighted by molar-refractivity contribution is 6.32. The molecule has 0 saturated carbocycles. The van der Waals surface area contributed by atoms with E-state index in [1.807, 2.05) is 54.7 Å². The average molecular weight is 1000 g/mol. The molecule has 3 amide bonds. The summed E-state index contributed by atoms with van der Waals surface area (Å²) in [6, 6.07) is 18.8. The number of likely N-dealkylation sites (tertiary alicyclic amines) is 1. The number of carboxylic acid groups (broad SMARTS) is 1. The number of anilines is 2. The number of nitrogens with zero attached hydrogens (tertiary/aromatic N) is 7. The van der Waals surface area contributed by atoms with Crippen LogP contribution < -0.4 is 29.9 Å². The fraction of sp³-hybridized carbons (Fsp3) is 0.490. The quantitative estimate of drug-likeness (QED) is 0.112. The minimum atomic E-state index is -5.08. The minimum absolute atomic E-state index is 0.211. The molecule has 2 aromatic heterocycles. The van der Waals surface area contributed by atoms with Crippen molar-refractivity contribution in [2.24, 2.45) is 17.8 Å². The van der Waals surface area contributed by atoms with Crippen LogP contribution in [0.2, 0.25) is 5.02 Å². The molecule has 6 heterocycles. The molecule has 0 spiro atoms. The standard InChI is InChI=1S/C49H58ClN9O5.C2HF3O2/c1-49(2,37-26-35(28-51)45(63-3)41(50)27-37)36-4-7-40(8-5-36)64-31-38-12-19-52-48(54-38)59-22-13-32(14-23-59)30-57-20-15-33(16-21-57)34-17-24-58(25-18-34)39-6-9-42(53-29-39)46(61)55-43-10-11-44(60)56-47(43)62;3-2(4,5)1(6)7/h4-9,12,19,26-27,29,32-34,43H,10-11,13-18,20-25,30-31H2,1-3H3,(H,55,61)(H,56,60,62);(H,6,7). The Morgan fingerprint density at radius 3 is 2.13 bits per heavy atom. The second kappa shape index (κ2) is 23.1. The van der Waals surface area contributed by atoms with E-state index in [9.17, 15) is 32.8 Å². The summed E-state index contributed by atoms with van der Waals surface area (Å²) < 4.78 is 43.2. The maximum Gasteiger partial charge on any atom is 0.490 e. The van der Waals surface area contributed by atoms with Crippen molar-refractivity contribution in [2.75, 3.05) is 62.7 Å². The Morgan fingerprint density at radius 2 is 1.54 bits per heavy atom. The zero-order valence-corrected chi connectivity index (χ0v) is 40.8. The number of nitriles is 1. The lowest BCUT2D eigenvalue weighted by atomic mass is 9.77. The topological polar surface area (TPSA) is 203 Å². The van der Waals surface area contributed by atoms with Crippen molar-refractivity contribution in [1.29, 1.82) is 5.26 Å². The van der Waals surface area contributed by atoms with E-state index in [2.05, 4.69) is 55.2 Å². The number of pyridine rings is 1. The molecular weight excluding hydrogens is 943 g/mol. The normalized spacial score (nSPS) is 18.7. The number of hydrogen-bond acceptors (Lipinski definition) is 13. The Balaban J connectivity index is 0.000000985. The van der Waals surface area contributed by atoms with Crippen molar-refractivity contribution < 1.29 is 46.9 Å². The number of imide groups is 1. The van der Waals surface area contributed by atoms with Crippen LogP contribution in [0.15, 0.2) is 67.0 Å². The molecule has 4 saturated heterocycles. The van der Waals surface area contributed by atoms with Gasteiger partial charge in [-0.1, -0.05) is 37.6 Å². The van der Waals surface area contributed by atoms with Crippen molar-refractivity contribution in [3.05, 3.63) is 100 Å². The van der Waals surface area contributed by atoms with Gasteiger partial charge in [-0.25, -0.2) is 19.7 Å². The summed E-state index contributed by atoms with van der Waals surface area (Å²) >= 11 is 6.47. The van der Waals surface area contributed by atoms with Gasteiger partial charge in [0.2, 0.25) is 17.8 Å². The first-order valence-electron chi connectivity index (χ1n) is 23.9. The van der Waals surface area contributed by atoms with Gasteiger partial charge in [0.1, 0.15) is 30.2 Å². The Morgan fingerprint density at radius 1 is 0.887 bits per heavy atom. The summed E-state index contributed by atoms with van der Waals surface area (Å²) in [7, 11) is 1.52. The van der Waals surface area contributed by atoms with Crippen LogP contribution >= 0.6 is 11.6 Å². The number of carbonyl (C=O) groups excluding carboxylic acids is 3. The number of amides is 3. The van der Waals surface area contributed by atoms with Crippen LogP contribution in [0.4, 0.5) is 24.8 Å². The van der Waals surface area contributed by atoms with Crippen LogP contribution in [-0.2, 0) is 26.4 Å². The number of piperidine rings is 4. The average Bonchev–Trinajstić information content (AvgIpc) is 3.37. The summed E-state index contributed by atoms with van der Waals surface area (Å²) in [5, 5.41) is 22.2. The number of nitrogens with one attached hydrogen (secondary N) is 2. The number of methoxy groups -OCH3 is 1. The van der Waals surface area contributed by atoms with Gasteiger partial charge in [0.05, 0.1) is 35.3 Å². The third-order valence-electron chi connectivity index (χ3n) is 14.1. The SMILES string of the molecule is COc1c(Cl)cc(C(C)(C)c2ccc(OCc3ccnc(N4CCC(CN5CCC(C6CCN(c7ccc(C(=O)NC8CCC(=O)NC8=O)nc7)CC6)CC5)CC4)n3)cc2)cc1C#N.O=C(O)C(F)(F)F. The maximum atomic E-state index is 12.7. The number of benzene rings is 2. The van der Waals surface area contributed by atoms with E-state index in [0.717, 1.165) is 104 Å². The van der Waals surface area contributed by atoms with Gasteiger partial charge in [-0.3, -0.25) is 19.7 Å². The van der Waals surface area contributed by atoms with Crippen molar-refractivity contribution in [2.45, 2.75) is 89.5 Å². The van der Waals surface area contributed by atoms with Gasteiger partial charge in [0, 0.05) is 50.8 Å². The maximum absolute atomic E-state index is 12.7. The van der Waals surface area contributed by atoms with E-state index < -0.39 is 35.4 Å². The number of aliphatic carboxylic acids is 1. The highest BCUT2D eigenvalue weighted by atomic mass is 35.5. The van der Waals surface area contributed by atoms with Crippen molar-refractivity contribution in [1.82, 2.24) is 30.5 Å². The first-order valence-corrected chi connectivity index (χ1v) is 24.3. The van der Waals surface area contributed by atoms with Crippen molar-refractivity contribution in [3.8, 4) is 17.6 Å². The second-order valence-electron chi connectivity index (χ2n) is 19.0. The van der Waals surface area contributed by atoms with E-state index in [1.54, 1.807) is 12.3 Å². The molecule has 378 valence electrons. The number of alkyl halides is 3. The van der Waals surface area contributed by atoms with Gasteiger partial charge >= 0.3 is 12.1 Å². The van der Waals surface area contributed by atoms with E-state index in [-0.39, 0.29) is 18.0 Å². The lowest BCUT2D eigenvalue weighted by Gasteiger charge is -2.42. The monoisotopic (exact) mass is 1000 g/mol. The molecule has 4 aliphatic rings. The highest BCUT2D eigenvalue weighted by Crippen LogP contribution is 2.39. The van der Waals surface area contributed by atoms with Crippen molar-refractivity contribution >= 4 is 46.9 Å². The number of ether oxygens (including phenoxy) is 2. The van der Waals surface area contributed by atoms with Gasteiger partial charge < -0.3 is 34.6 Å². The molecule has 1 unspecified atom stereocenters. The lowest BCUT2D eigenvalue weighted by Crippen LogP contribution is -2.52. The van der Waals surface area contributed by atoms with Crippen LogP contribution in [-0.4, -0.2) is 114 Å². The van der Waals surface area contributed by atoms with Crippen LogP contribution in [0.25, 0.3) is 0 Å². The highest BCUT2D eigenvalue weighted by Gasteiger charge is 2.38. The van der Waals surface area contributed by atoms with Gasteiger partial charge in [0.15, 0.2) is 5.75 Å². The number of halogens is 4. The molecule has 3 N–H and O–H groups in total. The number of hydrogen-bond donors (Lipinski definition) is 3.